The van der Waals surface area contributed by atoms with E-state index in [0.29, 0.717) is 0 Å². The first kappa shape index (κ1) is 17.9. The lowest BCUT2D eigenvalue weighted by Gasteiger charge is -2.19. The maximum atomic E-state index is 12.0. The minimum Gasteiger partial charge on any atom is -0.481 e. The Labute approximate surface area is 143 Å². The molecule has 4 heteroatoms. The Hall–Kier alpha value is -2.49. The van der Waals surface area contributed by atoms with Crippen molar-refractivity contribution >= 4 is 17.3 Å². The summed E-state index contributed by atoms with van der Waals surface area (Å²) in [5, 5.41) is 9.87. The molecule has 0 aromatic heterocycles. The van der Waals surface area contributed by atoms with Gasteiger partial charge >= 0.3 is 5.97 Å². The number of carboxylic acid groups (broad SMARTS) is 1. The molecule has 128 valence electrons. The summed E-state index contributed by atoms with van der Waals surface area (Å²) < 4.78 is 0. The van der Waals surface area contributed by atoms with E-state index < -0.39 is 11.9 Å². The first-order valence-corrected chi connectivity index (χ1v) is 8.30. The fourth-order valence-corrected chi connectivity index (χ4v) is 3.20. The second-order valence-corrected chi connectivity index (χ2v) is 6.30. The molecule has 0 saturated heterocycles. The average molecular weight is 326 g/mol. The summed E-state index contributed by atoms with van der Waals surface area (Å²) in [6, 6.07) is 7.59. The van der Waals surface area contributed by atoms with Gasteiger partial charge in [-0.05, 0) is 60.1 Å². The highest BCUT2D eigenvalue weighted by Crippen LogP contribution is 2.33. The summed E-state index contributed by atoms with van der Waals surface area (Å²) in [7, 11) is 0. The van der Waals surface area contributed by atoms with Gasteiger partial charge in [-0.1, -0.05) is 38.1 Å². The molecule has 4 nitrogen and oxygen atoms in total. The Morgan fingerprint density at radius 2 is 1.29 bits per heavy atom. The van der Waals surface area contributed by atoms with Gasteiger partial charge < -0.3 is 16.6 Å². The predicted molar refractivity (Wildman–Crippen MR) is 99.4 cm³/mol. The Bertz CT molecular complexity index is 722. The Kier molecular flexibility index (Phi) is 5.17. The zero-order valence-corrected chi connectivity index (χ0v) is 14.8. The molecule has 5 N–H and O–H groups in total. The molecular formula is C20H26N2O2. The molecule has 0 amide bonds. The third-order valence-corrected chi connectivity index (χ3v) is 4.67. The van der Waals surface area contributed by atoms with Crippen molar-refractivity contribution < 1.29 is 9.90 Å². The number of carbonyl (C=O) groups is 1. The molecule has 0 bridgehead atoms. The summed E-state index contributed by atoms with van der Waals surface area (Å²) in [5.41, 5.74) is 19.0. The monoisotopic (exact) mass is 326 g/mol. The molecule has 0 saturated carbocycles. The third-order valence-electron chi connectivity index (χ3n) is 4.67. The molecule has 0 unspecified atom stereocenters. The molecule has 0 fully saturated rings. The van der Waals surface area contributed by atoms with Crippen LogP contribution in [0.3, 0.4) is 0 Å². The molecule has 0 aliphatic rings. The molecule has 24 heavy (non-hydrogen) atoms. The van der Waals surface area contributed by atoms with Crippen LogP contribution in [-0.2, 0) is 17.6 Å². The van der Waals surface area contributed by atoms with Crippen LogP contribution in [0.4, 0.5) is 11.4 Å². The molecule has 0 aliphatic heterocycles. The van der Waals surface area contributed by atoms with Crippen LogP contribution in [0.25, 0.3) is 0 Å². The third kappa shape index (κ3) is 3.23. The molecular weight excluding hydrogens is 300 g/mol. The van der Waals surface area contributed by atoms with E-state index in [1.54, 1.807) is 0 Å². The number of aliphatic carboxylic acids is 1. The summed E-state index contributed by atoms with van der Waals surface area (Å²) >= 11 is 0. The van der Waals surface area contributed by atoms with Gasteiger partial charge in [0.1, 0.15) is 5.92 Å². The van der Waals surface area contributed by atoms with E-state index in [-0.39, 0.29) is 0 Å². The highest BCUT2D eigenvalue weighted by atomic mass is 16.4. The van der Waals surface area contributed by atoms with Crippen LogP contribution in [0.2, 0.25) is 0 Å². The van der Waals surface area contributed by atoms with E-state index in [2.05, 4.69) is 0 Å². The van der Waals surface area contributed by atoms with E-state index >= 15 is 0 Å². The molecule has 2 rings (SSSR count). The van der Waals surface area contributed by atoms with Crippen LogP contribution in [0.1, 0.15) is 53.1 Å². The lowest BCUT2D eigenvalue weighted by Crippen LogP contribution is -2.15. The van der Waals surface area contributed by atoms with Crippen molar-refractivity contribution in [1.82, 2.24) is 0 Å². The van der Waals surface area contributed by atoms with Crippen LogP contribution in [0.5, 0.6) is 0 Å². The van der Waals surface area contributed by atoms with Gasteiger partial charge in [-0.25, -0.2) is 0 Å². The van der Waals surface area contributed by atoms with Crippen molar-refractivity contribution in [2.24, 2.45) is 0 Å². The van der Waals surface area contributed by atoms with Crippen LogP contribution < -0.4 is 11.5 Å². The van der Waals surface area contributed by atoms with Gasteiger partial charge in [-0.2, -0.15) is 0 Å². The van der Waals surface area contributed by atoms with Crippen molar-refractivity contribution in [2.45, 2.75) is 46.5 Å². The van der Waals surface area contributed by atoms with Gasteiger partial charge in [0.05, 0.1) is 0 Å². The fraction of sp³-hybridized carbons (Fsp3) is 0.350. The minimum absolute atomic E-state index is 0.723. The molecule has 0 aliphatic carbocycles. The molecule has 2 aromatic carbocycles. The zero-order chi connectivity index (χ0) is 18.0. The largest absolute Gasteiger partial charge is 0.481 e. The molecule has 0 heterocycles. The van der Waals surface area contributed by atoms with Crippen LogP contribution >= 0.6 is 0 Å². The van der Waals surface area contributed by atoms with E-state index in [0.717, 1.165) is 57.6 Å². The number of anilines is 2. The number of rotatable bonds is 5. The van der Waals surface area contributed by atoms with Gasteiger partial charge in [0.25, 0.3) is 0 Å². The maximum absolute atomic E-state index is 12.0. The van der Waals surface area contributed by atoms with E-state index in [1.165, 1.54) is 0 Å². The zero-order valence-electron chi connectivity index (χ0n) is 14.8. The topological polar surface area (TPSA) is 89.3 Å². The normalized spacial score (nSPS) is 11.0. The lowest BCUT2D eigenvalue weighted by atomic mass is 9.86. The predicted octanol–water partition coefficient (Wildman–Crippen LogP) is 3.81. The minimum atomic E-state index is -0.868. The SMILES string of the molecule is CCc1cc(C(C(=O)O)c2cc(C)c(N)c(CC)c2)cc(C)c1N. The van der Waals surface area contributed by atoms with Gasteiger partial charge in [0.15, 0.2) is 0 Å². The van der Waals surface area contributed by atoms with Gasteiger partial charge in [-0.15, -0.1) is 0 Å². The van der Waals surface area contributed by atoms with Crippen molar-refractivity contribution in [3.63, 3.8) is 0 Å². The first-order chi connectivity index (χ1) is 11.3. The Morgan fingerprint density at radius 3 is 1.58 bits per heavy atom. The number of benzene rings is 2. The number of carboxylic acids is 1. The van der Waals surface area contributed by atoms with Crippen LogP contribution in [0.15, 0.2) is 24.3 Å². The molecule has 0 radical (unpaired) electrons. The smallest absolute Gasteiger partial charge is 0.315 e. The number of nitrogens with two attached hydrogens (primary N) is 2. The standard InChI is InChI=1S/C20H26N2O2/c1-5-13-9-15(7-11(3)18(13)21)17(20(23)24)16-8-12(4)19(22)14(6-2)10-16/h7-10,17H,5-6,21-22H2,1-4H3,(H,23,24). The van der Waals surface area contributed by atoms with Crippen molar-refractivity contribution in [1.29, 1.82) is 0 Å². The average Bonchev–Trinajstić information content (AvgIpc) is 2.53. The van der Waals surface area contributed by atoms with Crippen molar-refractivity contribution in [3.05, 3.63) is 57.6 Å². The quantitative estimate of drug-likeness (QED) is 0.729. The second-order valence-electron chi connectivity index (χ2n) is 6.30. The summed E-state index contributed by atoms with van der Waals surface area (Å²) in [6.07, 6.45) is 1.54. The van der Waals surface area contributed by atoms with Gasteiger partial charge in [0, 0.05) is 11.4 Å². The molecule has 0 spiro atoms. The second kappa shape index (κ2) is 6.95. The highest BCUT2D eigenvalue weighted by Gasteiger charge is 2.24. The Morgan fingerprint density at radius 1 is 0.917 bits per heavy atom. The summed E-state index contributed by atoms with van der Waals surface area (Å²) in [5.74, 6) is -1.59. The highest BCUT2D eigenvalue weighted by molar-refractivity contribution is 5.81. The lowest BCUT2D eigenvalue weighted by molar-refractivity contribution is -0.137. The van der Waals surface area contributed by atoms with Crippen molar-refractivity contribution in [3.8, 4) is 0 Å². The van der Waals surface area contributed by atoms with E-state index in [1.807, 2.05) is 52.0 Å². The number of nitrogen functional groups attached to an aromatic ring is 2. The fourth-order valence-electron chi connectivity index (χ4n) is 3.20. The number of aryl methyl sites for hydroxylation is 4. The van der Waals surface area contributed by atoms with Crippen molar-refractivity contribution in [2.75, 3.05) is 11.5 Å². The van der Waals surface area contributed by atoms with Crippen LogP contribution in [-0.4, -0.2) is 11.1 Å². The van der Waals surface area contributed by atoms with E-state index in [4.69, 9.17) is 11.5 Å². The molecule has 2 aromatic rings. The maximum Gasteiger partial charge on any atom is 0.315 e. The first-order valence-electron chi connectivity index (χ1n) is 8.30. The van der Waals surface area contributed by atoms with E-state index in [9.17, 15) is 9.90 Å². The van der Waals surface area contributed by atoms with Crippen LogP contribution in [0, 0.1) is 13.8 Å². The Balaban J connectivity index is 2.66. The van der Waals surface area contributed by atoms with Gasteiger partial charge in [-0.3, -0.25) is 4.79 Å². The number of hydrogen-bond acceptors (Lipinski definition) is 3. The molecule has 0 atom stereocenters. The summed E-state index contributed by atoms with van der Waals surface area (Å²) in [6.45, 7) is 7.88. The van der Waals surface area contributed by atoms with Gasteiger partial charge in [0.2, 0.25) is 0 Å². The number of hydrogen-bond donors (Lipinski definition) is 3. The summed E-state index contributed by atoms with van der Waals surface area (Å²) in [4.78, 5) is 12.0.